The molecule has 0 atom stereocenters. The van der Waals surface area contributed by atoms with Gasteiger partial charge in [0.1, 0.15) is 5.75 Å². The third-order valence-electron chi connectivity index (χ3n) is 3.03. The molecule has 0 saturated heterocycles. The van der Waals surface area contributed by atoms with E-state index in [0.717, 1.165) is 17.9 Å². The number of ether oxygens (including phenoxy) is 1. The first-order chi connectivity index (χ1) is 8.43. The molecule has 1 N–H and O–H groups in total. The van der Waals surface area contributed by atoms with Crippen LogP contribution in [0.5, 0.6) is 5.75 Å². The third kappa shape index (κ3) is 2.49. The van der Waals surface area contributed by atoms with Gasteiger partial charge in [0, 0.05) is 18.7 Å². The fourth-order valence-corrected chi connectivity index (χ4v) is 1.96. The van der Waals surface area contributed by atoms with Crippen LogP contribution in [0, 0.1) is 6.07 Å². The zero-order chi connectivity index (χ0) is 11.5. The Morgan fingerprint density at radius 3 is 3.18 bits per heavy atom. The Hall–Kier alpha value is -1.77. The molecule has 1 saturated carbocycles. The smallest absolute Gasteiger partial charge is 0.130 e. The molecular weight excluding hydrogens is 212 g/mol. The van der Waals surface area contributed by atoms with Crippen molar-refractivity contribution in [1.29, 1.82) is 0 Å². The molecule has 2 aromatic rings. The molecule has 3 nitrogen and oxygen atoms in total. The van der Waals surface area contributed by atoms with E-state index in [0.29, 0.717) is 12.5 Å². The summed E-state index contributed by atoms with van der Waals surface area (Å²) < 4.78 is 5.80. The number of nitrogens with zero attached hydrogens (tertiary/aromatic N) is 1. The minimum absolute atomic E-state index is 0.658. The lowest BCUT2D eigenvalue weighted by Crippen LogP contribution is -2.03. The van der Waals surface area contributed by atoms with Gasteiger partial charge in [-0.05, 0) is 24.3 Å². The van der Waals surface area contributed by atoms with Gasteiger partial charge < -0.3 is 9.72 Å². The van der Waals surface area contributed by atoms with Crippen LogP contribution in [-0.4, -0.2) is 16.6 Å². The van der Waals surface area contributed by atoms with E-state index in [1.807, 2.05) is 18.3 Å². The zero-order valence-corrected chi connectivity index (χ0v) is 9.65. The SMILES string of the molecule is [c]1cccc(C2CC2)c1OCCc1c[nH]cn1. The van der Waals surface area contributed by atoms with Gasteiger partial charge >= 0.3 is 0 Å². The van der Waals surface area contributed by atoms with Crippen LogP contribution >= 0.6 is 0 Å². The fourth-order valence-electron chi connectivity index (χ4n) is 1.96. The van der Waals surface area contributed by atoms with Crippen LogP contribution in [0.25, 0.3) is 0 Å². The van der Waals surface area contributed by atoms with Gasteiger partial charge in [-0.25, -0.2) is 4.98 Å². The van der Waals surface area contributed by atoms with Crippen molar-refractivity contribution < 1.29 is 4.74 Å². The number of hydrogen-bond acceptors (Lipinski definition) is 2. The summed E-state index contributed by atoms with van der Waals surface area (Å²) >= 11 is 0. The molecule has 1 radical (unpaired) electrons. The molecule has 1 aliphatic carbocycles. The maximum absolute atomic E-state index is 5.80. The first-order valence-electron chi connectivity index (χ1n) is 6.04. The molecule has 0 bridgehead atoms. The Kier molecular flexibility index (Phi) is 2.82. The molecule has 17 heavy (non-hydrogen) atoms. The number of nitrogens with one attached hydrogen (secondary N) is 1. The van der Waals surface area contributed by atoms with Crippen LogP contribution in [0.4, 0.5) is 0 Å². The highest BCUT2D eigenvalue weighted by molar-refractivity contribution is 5.37. The normalized spacial score (nSPS) is 14.8. The molecule has 0 aliphatic heterocycles. The number of hydrogen-bond donors (Lipinski definition) is 1. The predicted molar refractivity (Wildman–Crippen MR) is 65.0 cm³/mol. The van der Waals surface area contributed by atoms with Crippen molar-refractivity contribution >= 4 is 0 Å². The summed E-state index contributed by atoms with van der Waals surface area (Å²) in [7, 11) is 0. The molecule has 3 heteroatoms. The van der Waals surface area contributed by atoms with E-state index < -0.39 is 0 Å². The zero-order valence-electron chi connectivity index (χ0n) is 9.65. The summed E-state index contributed by atoms with van der Waals surface area (Å²) in [5.41, 5.74) is 2.35. The minimum Gasteiger partial charge on any atom is -0.492 e. The van der Waals surface area contributed by atoms with E-state index in [9.17, 15) is 0 Å². The van der Waals surface area contributed by atoms with Crippen molar-refractivity contribution in [3.63, 3.8) is 0 Å². The summed E-state index contributed by atoms with van der Waals surface area (Å²) in [5.74, 6) is 1.62. The van der Waals surface area contributed by atoms with Crippen LogP contribution in [-0.2, 0) is 6.42 Å². The van der Waals surface area contributed by atoms with Gasteiger partial charge in [0.25, 0.3) is 0 Å². The van der Waals surface area contributed by atoms with Crippen LogP contribution in [0.15, 0.2) is 30.7 Å². The summed E-state index contributed by atoms with van der Waals surface area (Å²) in [6.45, 7) is 0.658. The second-order valence-corrected chi connectivity index (χ2v) is 4.39. The van der Waals surface area contributed by atoms with E-state index in [1.54, 1.807) is 6.33 Å². The molecule has 0 amide bonds. The Labute approximate surface area is 101 Å². The van der Waals surface area contributed by atoms with Gasteiger partial charge in [-0.3, -0.25) is 0 Å². The van der Waals surface area contributed by atoms with E-state index in [1.165, 1.54) is 18.4 Å². The van der Waals surface area contributed by atoms with Crippen LogP contribution < -0.4 is 4.74 Å². The van der Waals surface area contributed by atoms with Crippen molar-refractivity contribution in [1.82, 2.24) is 9.97 Å². The highest BCUT2D eigenvalue weighted by Gasteiger charge is 2.26. The highest BCUT2D eigenvalue weighted by atomic mass is 16.5. The van der Waals surface area contributed by atoms with Crippen molar-refractivity contribution in [2.75, 3.05) is 6.61 Å². The lowest BCUT2D eigenvalue weighted by Gasteiger charge is -2.09. The molecule has 1 aliphatic rings. The van der Waals surface area contributed by atoms with Crippen LogP contribution in [0.2, 0.25) is 0 Å². The van der Waals surface area contributed by atoms with Crippen molar-refractivity contribution in [2.24, 2.45) is 0 Å². The molecule has 1 aromatic carbocycles. The Bertz CT molecular complexity index is 475. The monoisotopic (exact) mass is 227 g/mol. The number of H-pyrrole nitrogens is 1. The average molecular weight is 227 g/mol. The quantitative estimate of drug-likeness (QED) is 0.852. The number of rotatable bonds is 5. The number of aromatic amines is 1. The van der Waals surface area contributed by atoms with E-state index in [2.05, 4.69) is 22.1 Å². The topological polar surface area (TPSA) is 37.9 Å². The van der Waals surface area contributed by atoms with Gasteiger partial charge in [-0.1, -0.05) is 18.2 Å². The molecule has 1 aromatic heterocycles. The molecule has 87 valence electrons. The maximum atomic E-state index is 5.80. The van der Waals surface area contributed by atoms with E-state index >= 15 is 0 Å². The first kappa shape index (κ1) is 10.4. The Balaban J connectivity index is 1.61. The standard InChI is InChI=1S/C14H15N2O/c1-2-4-14(13(3-1)11-5-6-11)17-8-7-12-9-15-10-16-12/h1-3,9-11H,5-8H2,(H,15,16). The molecule has 3 rings (SSSR count). The number of imidazole rings is 1. The number of benzene rings is 1. The van der Waals surface area contributed by atoms with E-state index in [4.69, 9.17) is 4.74 Å². The molecule has 0 spiro atoms. The van der Waals surface area contributed by atoms with Crippen molar-refractivity contribution in [3.8, 4) is 5.75 Å². The molecule has 1 heterocycles. The third-order valence-corrected chi connectivity index (χ3v) is 3.03. The van der Waals surface area contributed by atoms with Crippen LogP contribution in [0.3, 0.4) is 0 Å². The van der Waals surface area contributed by atoms with Crippen molar-refractivity contribution in [2.45, 2.75) is 25.2 Å². The van der Waals surface area contributed by atoms with Crippen molar-refractivity contribution in [3.05, 3.63) is 48.0 Å². The summed E-state index contributed by atoms with van der Waals surface area (Å²) in [5, 5.41) is 0. The average Bonchev–Trinajstić information content (AvgIpc) is 3.08. The second kappa shape index (κ2) is 4.62. The summed E-state index contributed by atoms with van der Waals surface area (Å²) in [6.07, 6.45) is 7.00. The molecule has 0 unspecified atom stereocenters. The summed E-state index contributed by atoms with van der Waals surface area (Å²) in [6, 6.07) is 9.29. The Morgan fingerprint density at radius 1 is 1.47 bits per heavy atom. The minimum atomic E-state index is 0.658. The van der Waals surface area contributed by atoms with Gasteiger partial charge in [0.15, 0.2) is 0 Å². The maximum Gasteiger partial charge on any atom is 0.130 e. The number of para-hydroxylation sites is 1. The lowest BCUT2D eigenvalue weighted by molar-refractivity contribution is 0.316. The van der Waals surface area contributed by atoms with Gasteiger partial charge in [-0.15, -0.1) is 0 Å². The predicted octanol–water partition coefficient (Wildman–Crippen LogP) is 2.71. The fraction of sp³-hybridized carbons (Fsp3) is 0.357. The van der Waals surface area contributed by atoms with E-state index in [-0.39, 0.29) is 0 Å². The first-order valence-corrected chi connectivity index (χ1v) is 6.04. The van der Waals surface area contributed by atoms with Gasteiger partial charge in [-0.2, -0.15) is 0 Å². The highest BCUT2D eigenvalue weighted by Crippen LogP contribution is 2.43. The molecule has 1 fully saturated rings. The number of aromatic nitrogens is 2. The lowest BCUT2D eigenvalue weighted by atomic mass is 10.1. The molecular formula is C14H15N2O. The summed E-state index contributed by atoms with van der Waals surface area (Å²) in [4.78, 5) is 7.12. The van der Waals surface area contributed by atoms with Gasteiger partial charge in [0.2, 0.25) is 0 Å². The largest absolute Gasteiger partial charge is 0.492 e. The second-order valence-electron chi connectivity index (χ2n) is 4.39. The van der Waals surface area contributed by atoms with Crippen LogP contribution in [0.1, 0.15) is 30.0 Å². The van der Waals surface area contributed by atoms with Gasteiger partial charge in [0.05, 0.1) is 18.6 Å². The Morgan fingerprint density at radius 2 is 2.41 bits per heavy atom.